The van der Waals surface area contributed by atoms with Crippen molar-refractivity contribution in [3.8, 4) is 0 Å². The van der Waals surface area contributed by atoms with Gasteiger partial charge in [-0.1, -0.05) is 27.7 Å². The Labute approximate surface area is 127 Å². The molecule has 0 bridgehead atoms. The summed E-state index contributed by atoms with van der Waals surface area (Å²) in [5.74, 6) is 0. The zero-order valence-corrected chi connectivity index (χ0v) is 14.6. The van der Waals surface area contributed by atoms with Gasteiger partial charge in [0.05, 0.1) is 5.69 Å². The molecule has 1 heterocycles. The van der Waals surface area contributed by atoms with Crippen LogP contribution in [0.15, 0.2) is 0 Å². The van der Waals surface area contributed by atoms with E-state index in [1.807, 2.05) is 0 Å². The van der Waals surface area contributed by atoms with Gasteiger partial charge in [-0.05, 0) is 13.0 Å². The average molecular weight is 299 g/mol. The second-order valence-corrected chi connectivity index (χ2v) is 7.13. The lowest BCUT2D eigenvalue weighted by Crippen LogP contribution is -2.20. The first-order chi connectivity index (χ1) is 9.40. The number of thiazole rings is 1. The topological polar surface area (TPSA) is 37.4 Å². The molecular weight excluding hydrogens is 270 g/mol. The molecule has 0 fully saturated rings. The number of methoxy groups -OCH3 is 1. The summed E-state index contributed by atoms with van der Waals surface area (Å²) in [4.78, 5) is 8.46. The first-order valence-corrected chi connectivity index (χ1v) is 8.12. The van der Waals surface area contributed by atoms with Gasteiger partial charge in [-0.3, -0.25) is 0 Å². The predicted octanol–water partition coefficient (Wildman–Crippen LogP) is 3.02. The Bertz CT molecular complexity index is 398. The highest BCUT2D eigenvalue weighted by molar-refractivity contribution is 7.15. The zero-order chi connectivity index (χ0) is 15.2. The van der Waals surface area contributed by atoms with E-state index in [2.05, 4.69) is 45.0 Å². The van der Waals surface area contributed by atoms with Crippen molar-refractivity contribution in [3.63, 3.8) is 0 Å². The van der Waals surface area contributed by atoms with Crippen LogP contribution in [0, 0.1) is 0 Å². The molecular formula is C15H29N3OS. The molecule has 1 aromatic rings. The van der Waals surface area contributed by atoms with Crippen LogP contribution in [0.1, 0.15) is 44.7 Å². The van der Waals surface area contributed by atoms with Crippen LogP contribution in [0.5, 0.6) is 0 Å². The van der Waals surface area contributed by atoms with Crippen LogP contribution >= 0.6 is 11.3 Å². The van der Waals surface area contributed by atoms with Gasteiger partial charge in [0.15, 0.2) is 5.13 Å². The van der Waals surface area contributed by atoms with Crippen molar-refractivity contribution in [3.05, 3.63) is 10.6 Å². The molecule has 0 saturated carbocycles. The molecule has 0 aliphatic heterocycles. The molecule has 0 unspecified atom stereocenters. The van der Waals surface area contributed by atoms with Crippen molar-refractivity contribution < 1.29 is 4.74 Å². The van der Waals surface area contributed by atoms with E-state index in [0.29, 0.717) is 0 Å². The molecule has 0 aliphatic carbocycles. The highest BCUT2D eigenvalue weighted by atomic mass is 32.1. The Balaban J connectivity index is 2.84. The maximum Gasteiger partial charge on any atom is 0.185 e. The maximum atomic E-state index is 5.11. The van der Waals surface area contributed by atoms with Crippen LogP contribution in [0.25, 0.3) is 0 Å². The third-order valence-electron chi connectivity index (χ3n) is 3.10. The highest BCUT2D eigenvalue weighted by Gasteiger charge is 2.23. The number of hydrogen-bond acceptors (Lipinski definition) is 5. The summed E-state index contributed by atoms with van der Waals surface area (Å²) in [6.07, 6.45) is 1.03. The third kappa shape index (κ3) is 5.04. The van der Waals surface area contributed by atoms with E-state index < -0.39 is 0 Å². The van der Waals surface area contributed by atoms with Gasteiger partial charge in [0.2, 0.25) is 0 Å². The normalized spacial score (nSPS) is 11.9. The van der Waals surface area contributed by atoms with E-state index in [9.17, 15) is 0 Å². The van der Waals surface area contributed by atoms with Crippen molar-refractivity contribution in [1.29, 1.82) is 0 Å². The average Bonchev–Trinajstić information content (AvgIpc) is 2.80. The van der Waals surface area contributed by atoms with E-state index in [-0.39, 0.29) is 5.41 Å². The van der Waals surface area contributed by atoms with Gasteiger partial charge in [0, 0.05) is 44.1 Å². The molecule has 0 aromatic carbocycles. The standard InChI is InChI=1S/C15H29N3OS/c1-7-16-11-12-13(15(2,3)4)17-14(20-12)18(5)9-8-10-19-6/h16H,7-11H2,1-6H3. The largest absolute Gasteiger partial charge is 0.385 e. The van der Waals surface area contributed by atoms with Gasteiger partial charge in [-0.15, -0.1) is 11.3 Å². The molecule has 1 aromatic heterocycles. The lowest BCUT2D eigenvalue weighted by Gasteiger charge is -2.18. The number of aromatic nitrogens is 1. The molecule has 1 rings (SSSR count). The monoisotopic (exact) mass is 299 g/mol. The van der Waals surface area contributed by atoms with Crippen LogP contribution in [0.2, 0.25) is 0 Å². The molecule has 0 radical (unpaired) electrons. The second kappa shape index (κ2) is 7.96. The van der Waals surface area contributed by atoms with Gasteiger partial charge in [-0.2, -0.15) is 0 Å². The fourth-order valence-electron chi connectivity index (χ4n) is 1.99. The van der Waals surface area contributed by atoms with Crippen molar-refractivity contribution in [1.82, 2.24) is 10.3 Å². The molecule has 1 N–H and O–H groups in total. The minimum atomic E-state index is 0.0902. The second-order valence-electron chi connectivity index (χ2n) is 6.07. The van der Waals surface area contributed by atoms with Crippen molar-refractivity contribution in [2.24, 2.45) is 0 Å². The van der Waals surface area contributed by atoms with Gasteiger partial charge >= 0.3 is 0 Å². The third-order valence-corrected chi connectivity index (χ3v) is 4.27. The van der Waals surface area contributed by atoms with Crippen LogP contribution in [0.3, 0.4) is 0 Å². The van der Waals surface area contributed by atoms with Crippen molar-refractivity contribution >= 4 is 16.5 Å². The number of anilines is 1. The molecule has 5 heteroatoms. The lowest BCUT2D eigenvalue weighted by atomic mass is 9.91. The summed E-state index contributed by atoms with van der Waals surface area (Å²) in [5.41, 5.74) is 1.31. The van der Waals surface area contributed by atoms with E-state index in [1.54, 1.807) is 18.4 Å². The van der Waals surface area contributed by atoms with Gasteiger partial charge in [0.1, 0.15) is 0 Å². The quantitative estimate of drug-likeness (QED) is 0.749. The first-order valence-electron chi connectivity index (χ1n) is 7.31. The molecule has 4 nitrogen and oxygen atoms in total. The SMILES string of the molecule is CCNCc1sc(N(C)CCCOC)nc1C(C)(C)C. The van der Waals surface area contributed by atoms with Gasteiger partial charge in [0.25, 0.3) is 0 Å². The molecule has 20 heavy (non-hydrogen) atoms. The van der Waals surface area contributed by atoms with Crippen LogP contribution in [-0.4, -0.2) is 38.8 Å². The first kappa shape index (κ1) is 17.4. The Hall–Kier alpha value is -0.650. The Morgan fingerprint density at radius 3 is 2.60 bits per heavy atom. The summed E-state index contributed by atoms with van der Waals surface area (Å²) in [7, 11) is 3.85. The summed E-state index contributed by atoms with van der Waals surface area (Å²) in [6, 6.07) is 0. The van der Waals surface area contributed by atoms with Crippen LogP contribution < -0.4 is 10.2 Å². The van der Waals surface area contributed by atoms with Crippen molar-refractivity contribution in [2.75, 3.05) is 38.8 Å². The number of nitrogens with zero attached hydrogens (tertiary/aromatic N) is 2. The fraction of sp³-hybridized carbons (Fsp3) is 0.800. The summed E-state index contributed by atoms with van der Waals surface area (Å²) < 4.78 is 5.11. The zero-order valence-electron chi connectivity index (χ0n) is 13.7. The number of hydrogen-bond donors (Lipinski definition) is 1. The minimum Gasteiger partial charge on any atom is -0.385 e. The van der Waals surface area contributed by atoms with E-state index in [1.165, 1.54) is 10.6 Å². The molecule has 0 amide bonds. The Kier molecular flexibility index (Phi) is 6.92. The number of ether oxygens (including phenoxy) is 1. The predicted molar refractivity (Wildman–Crippen MR) is 88.0 cm³/mol. The fourth-order valence-corrected chi connectivity index (χ4v) is 3.22. The molecule has 0 atom stereocenters. The Morgan fingerprint density at radius 2 is 2.05 bits per heavy atom. The lowest BCUT2D eigenvalue weighted by molar-refractivity contribution is 0.196. The van der Waals surface area contributed by atoms with E-state index >= 15 is 0 Å². The Morgan fingerprint density at radius 1 is 1.35 bits per heavy atom. The molecule has 0 aliphatic rings. The van der Waals surface area contributed by atoms with E-state index in [4.69, 9.17) is 9.72 Å². The smallest absolute Gasteiger partial charge is 0.185 e. The molecule has 0 spiro atoms. The highest BCUT2D eigenvalue weighted by Crippen LogP contribution is 2.33. The summed E-state index contributed by atoms with van der Waals surface area (Å²) in [5, 5.41) is 4.52. The number of nitrogens with one attached hydrogen (secondary N) is 1. The van der Waals surface area contributed by atoms with Crippen molar-refractivity contribution in [2.45, 2.75) is 46.1 Å². The molecule has 116 valence electrons. The summed E-state index contributed by atoms with van der Waals surface area (Å²) >= 11 is 1.80. The molecule has 0 saturated heterocycles. The van der Waals surface area contributed by atoms with Gasteiger partial charge in [-0.25, -0.2) is 4.98 Å². The maximum absolute atomic E-state index is 5.11. The van der Waals surface area contributed by atoms with E-state index in [0.717, 1.165) is 37.8 Å². The minimum absolute atomic E-state index is 0.0902. The number of rotatable bonds is 8. The van der Waals surface area contributed by atoms with Crippen LogP contribution in [0.4, 0.5) is 5.13 Å². The van der Waals surface area contributed by atoms with Crippen LogP contribution in [-0.2, 0) is 16.7 Å². The van der Waals surface area contributed by atoms with Gasteiger partial charge < -0.3 is 15.0 Å². The summed E-state index contributed by atoms with van der Waals surface area (Å²) in [6.45, 7) is 12.5.